The fraction of sp³-hybridized carbons (Fsp3) is 0.600. The Morgan fingerprint density at radius 2 is 2.17 bits per heavy atom. The van der Waals surface area contributed by atoms with Gasteiger partial charge < -0.3 is 10.1 Å². The molecule has 2 N–H and O–H groups in total. The lowest BCUT2D eigenvalue weighted by Crippen LogP contribution is -2.02. The molecule has 68 valence electrons. The summed E-state index contributed by atoms with van der Waals surface area (Å²) in [7, 11) is 0. The molecule has 1 rings (SSSR count). The fourth-order valence-corrected chi connectivity index (χ4v) is 1.42. The molecule has 0 radical (unpaired) electrons. The number of aliphatic hydroxyl groups is 1. The summed E-state index contributed by atoms with van der Waals surface area (Å²) in [5.74, 6) is 0. The van der Waals surface area contributed by atoms with Crippen LogP contribution >= 0.6 is 0 Å². The summed E-state index contributed by atoms with van der Waals surface area (Å²) in [5, 5.41) is 9.12. The summed E-state index contributed by atoms with van der Waals surface area (Å²) in [6, 6.07) is 0. The number of nitrogens with one attached hydrogen (secondary N) is 1. The van der Waals surface area contributed by atoms with Crippen molar-refractivity contribution >= 4 is 0 Å². The van der Waals surface area contributed by atoms with Crippen LogP contribution in [0.25, 0.3) is 0 Å². The monoisotopic (exact) mass is 167 g/mol. The highest BCUT2D eigenvalue weighted by molar-refractivity contribution is 5.28. The lowest BCUT2D eigenvalue weighted by Gasteiger charge is -2.04. The van der Waals surface area contributed by atoms with Gasteiger partial charge in [-0.2, -0.15) is 0 Å². The van der Waals surface area contributed by atoms with Gasteiger partial charge in [-0.3, -0.25) is 0 Å². The van der Waals surface area contributed by atoms with Crippen LogP contribution < -0.4 is 0 Å². The van der Waals surface area contributed by atoms with Crippen LogP contribution in [0.5, 0.6) is 0 Å². The molecule has 0 aromatic carbocycles. The smallest absolute Gasteiger partial charge is 0.0515 e. The molecule has 0 aliphatic carbocycles. The van der Waals surface area contributed by atoms with Gasteiger partial charge in [-0.1, -0.05) is 0 Å². The van der Waals surface area contributed by atoms with Crippen molar-refractivity contribution in [1.29, 1.82) is 0 Å². The van der Waals surface area contributed by atoms with Crippen molar-refractivity contribution in [3.05, 3.63) is 23.0 Å². The Hall–Kier alpha value is -0.760. The lowest BCUT2D eigenvalue weighted by molar-refractivity contribution is 0.185. The van der Waals surface area contributed by atoms with Crippen LogP contribution in [0, 0.1) is 13.8 Å². The van der Waals surface area contributed by atoms with Gasteiger partial charge in [0.25, 0.3) is 0 Å². The number of aromatic nitrogens is 1. The summed E-state index contributed by atoms with van der Waals surface area (Å²) in [4.78, 5) is 3.18. The lowest BCUT2D eigenvalue weighted by atomic mass is 10.0. The Morgan fingerprint density at radius 3 is 2.58 bits per heavy atom. The number of aromatic amines is 1. The van der Waals surface area contributed by atoms with E-state index in [9.17, 15) is 0 Å². The van der Waals surface area contributed by atoms with Crippen LogP contribution in [-0.2, 0) is 6.42 Å². The minimum atomic E-state index is -0.196. The van der Waals surface area contributed by atoms with E-state index >= 15 is 0 Å². The molecule has 0 bridgehead atoms. The minimum Gasteiger partial charge on any atom is -0.393 e. The maximum atomic E-state index is 9.12. The first-order chi connectivity index (χ1) is 5.61. The van der Waals surface area contributed by atoms with Gasteiger partial charge in [0.05, 0.1) is 6.10 Å². The highest BCUT2D eigenvalue weighted by Crippen LogP contribution is 2.14. The van der Waals surface area contributed by atoms with Crippen molar-refractivity contribution in [2.75, 3.05) is 0 Å². The van der Waals surface area contributed by atoms with E-state index in [1.54, 1.807) is 0 Å². The van der Waals surface area contributed by atoms with Gasteiger partial charge in [-0.15, -0.1) is 0 Å². The van der Waals surface area contributed by atoms with Crippen LogP contribution in [0.2, 0.25) is 0 Å². The van der Waals surface area contributed by atoms with E-state index in [1.807, 2.05) is 13.1 Å². The quantitative estimate of drug-likeness (QED) is 0.709. The minimum absolute atomic E-state index is 0.196. The third kappa shape index (κ3) is 2.11. The molecule has 0 unspecified atom stereocenters. The summed E-state index contributed by atoms with van der Waals surface area (Å²) >= 11 is 0. The molecular weight excluding hydrogens is 150 g/mol. The Balaban J connectivity index is 2.62. The van der Waals surface area contributed by atoms with Gasteiger partial charge in [0.2, 0.25) is 0 Å². The van der Waals surface area contributed by atoms with Crippen molar-refractivity contribution in [2.45, 2.75) is 39.7 Å². The Morgan fingerprint density at radius 1 is 1.50 bits per heavy atom. The predicted molar refractivity (Wildman–Crippen MR) is 50.3 cm³/mol. The molecule has 0 fully saturated rings. The standard InChI is InChI=1S/C10H17NO/c1-7-6-11-9(3)10(7)5-4-8(2)12/h6,8,11-12H,4-5H2,1-3H3/t8-/m1/s1. The molecule has 0 amide bonds. The maximum Gasteiger partial charge on any atom is 0.0515 e. The van der Waals surface area contributed by atoms with Crippen LogP contribution in [0.4, 0.5) is 0 Å². The van der Waals surface area contributed by atoms with E-state index in [2.05, 4.69) is 18.8 Å². The summed E-state index contributed by atoms with van der Waals surface area (Å²) in [6.45, 7) is 6.00. The van der Waals surface area contributed by atoms with Crippen LogP contribution in [-0.4, -0.2) is 16.2 Å². The summed E-state index contributed by atoms with van der Waals surface area (Å²) in [5.41, 5.74) is 3.89. The zero-order valence-corrected chi connectivity index (χ0v) is 8.02. The van der Waals surface area contributed by atoms with Gasteiger partial charge in [0.1, 0.15) is 0 Å². The highest BCUT2D eigenvalue weighted by Gasteiger charge is 2.05. The molecule has 0 saturated carbocycles. The number of aryl methyl sites for hydroxylation is 2. The van der Waals surface area contributed by atoms with Crippen LogP contribution in [0.15, 0.2) is 6.20 Å². The maximum absolute atomic E-state index is 9.12. The molecule has 1 aromatic rings. The first kappa shape index (κ1) is 9.33. The molecule has 0 aliphatic rings. The van der Waals surface area contributed by atoms with Crippen molar-refractivity contribution in [2.24, 2.45) is 0 Å². The molecule has 0 aliphatic heterocycles. The molecule has 1 heterocycles. The van der Waals surface area contributed by atoms with E-state index in [0.717, 1.165) is 12.8 Å². The van der Waals surface area contributed by atoms with Crippen LogP contribution in [0.1, 0.15) is 30.2 Å². The second kappa shape index (κ2) is 3.76. The van der Waals surface area contributed by atoms with Gasteiger partial charge in [-0.25, -0.2) is 0 Å². The molecular formula is C10H17NO. The van der Waals surface area contributed by atoms with E-state index in [-0.39, 0.29) is 6.10 Å². The average Bonchev–Trinajstić information content (AvgIpc) is 2.28. The molecule has 12 heavy (non-hydrogen) atoms. The number of H-pyrrole nitrogens is 1. The first-order valence-electron chi connectivity index (χ1n) is 4.42. The largest absolute Gasteiger partial charge is 0.393 e. The third-order valence-corrected chi connectivity index (χ3v) is 2.25. The Labute approximate surface area is 73.6 Å². The van der Waals surface area contributed by atoms with E-state index in [4.69, 9.17) is 5.11 Å². The van der Waals surface area contributed by atoms with Gasteiger partial charge in [0.15, 0.2) is 0 Å². The van der Waals surface area contributed by atoms with E-state index < -0.39 is 0 Å². The zero-order valence-electron chi connectivity index (χ0n) is 8.02. The van der Waals surface area contributed by atoms with Gasteiger partial charge >= 0.3 is 0 Å². The van der Waals surface area contributed by atoms with Crippen molar-refractivity contribution < 1.29 is 5.11 Å². The molecule has 2 heteroatoms. The second-order valence-corrected chi connectivity index (χ2v) is 3.46. The predicted octanol–water partition coefficient (Wildman–Crippen LogP) is 1.94. The Bertz CT molecular complexity index is 231. The third-order valence-electron chi connectivity index (χ3n) is 2.25. The SMILES string of the molecule is Cc1c[nH]c(C)c1CC[C@@H](C)O. The van der Waals surface area contributed by atoms with Crippen molar-refractivity contribution in [1.82, 2.24) is 4.98 Å². The number of hydrogen-bond donors (Lipinski definition) is 2. The van der Waals surface area contributed by atoms with Crippen molar-refractivity contribution in [3.63, 3.8) is 0 Å². The second-order valence-electron chi connectivity index (χ2n) is 3.46. The topological polar surface area (TPSA) is 36.0 Å². The van der Waals surface area contributed by atoms with Gasteiger partial charge in [-0.05, 0) is 44.7 Å². The number of hydrogen-bond acceptors (Lipinski definition) is 1. The normalized spacial score (nSPS) is 13.3. The number of aliphatic hydroxyl groups excluding tert-OH is 1. The molecule has 0 spiro atoms. The van der Waals surface area contributed by atoms with Crippen LogP contribution in [0.3, 0.4) is 0 Å². The van der Waals surface area contributed by atoms with Gasteiger partial charge in [0, 0.05) is 11.9 Å². The first-order valence-corrected chi connectivity index (χ1v) is 4.42. The molecule has 1 aromatic heterocycles. The zero-order chi connectivity index (χ0) is 9.14. The van der Waals surface area contributed by atoms with E-state index in [1.165, 1.54) is 16.8 Å². The molecule has 0 saturated heterocycles. The summed E-state index contributed by atoms with van der Waals surface area (Å²) < 4.78 is 0. The van der Waals surface area contributed by atoms with E-state index in [0.29, 0.717) is 0 Å². The Kier molecular flexibility index (Phi) is 2.93. The molecule has 2 nitrogen and oxygen atoms in total. The fourth-order valence-electron chi connectivity index (χ4n) is 1.42. The number of rotatable bonds is 3. The highest BCUT2D eigenvalue weighted by atomic mass is 16.3. The van der Waals surface area contributed by atoms with Crippen molar-refractivity contribution in [3.8, 4) is 0 Å². The molecule has 1 atom stereocenters. The average molecular weight is 167 g/mol. The summed E-state index contributed by atoms with van der Waals surface area (Å²) in [6.07, 6.45) is 3.64.